The van der Waals surface area contributed by atoms with Gasteiger partial charge in [-0.2, -0.15) is 0 Å². The Morgan fingerprint density at radius 2 is 2.11 bits per heavy atom. The second-order valence-corrected chi connectivity index (χ2v) is 5.43. The minimum Gasteiger partial charge on any atom is -0.369 e. The first-order chi connectivity index (χ1) is 9.16. The molecule has 1 aliphatic heterocycles. The zero-order valence-corrected chi connectivity index (χ0v) is 11.1. The Hall–Kier alpha value is -2.02. The number of hydrogen-bond donors (Lipinski definition) is 2. The molecular weight excluding hydrogens is 262 g/mol. The van der Waals surface area contributed by atoms with Gasteiger partial charge in [-0.3, -0.25) is 4.79 Å². The number of nitrogens with one attached hydrogen (secondary N) is 1. The van der Waals surface area contributed by atoms with E-state index in [-0.39, 0.29) is 11.9 Å². The number of aromatic nitrogens is 3. The van der Waals surface area contributed by atoms with Crippen molar-refractivity contribution in [3.63, 3.8) is 0 Å². The SMILES string of the molecule is Cc1nnc2n1NC(c1ccccc1)C(C(N)=O)S2. The van der Waals surface area contributed by atoms with Gasteiger partial charge in [0.1, 0.15) is 11.1 Å². The van der Waals surface area contributed by atoms with E-state index >= 15 is 0 Å². The van der Waals surface area contributed by atoms with Crippen LogP contribution in [0, 0.1) is 6.92 Å². The minimum atomic E-state index is -0.404. The van der Waals surface area contributed by atoms with Gasteiger partial charge in [0, 0.05) is 0 Å². The van der Waals surface area contributed by atoms with Gasteiger partial charge < -0.3 is 11.2 Å². The molecule has 3 rings (SSSR count). The van der Waals surface area contributed by atoms with Crippen molar-refractivity contribution in [3.8, 4) is 0 Å². The Labute approximate surface area is 114 Å². The molecule has 2 unspecified atom stereocenters. The van der Waals surface area contributed by atoms with E-state index in [4.69, 9.17) is 5.73 Å². The number of fused-ring (bicyclic) bond motifs is 1. The van der Waals surface area contributed by atoms with E-state index in [0.29, 0.717) is 5.16 Å². The van der Waals surface area contributed by atoms with Gasteiger partial charge in [0.25, 0.3) is 0 Å². The summed E-state index contributed by atoms with van der Waals surface area (Å²) in [6, 6.07) is 9.57. The minimum absolute atomic E-state index is 0.189. The molecule has 6 nitrogen and oxygen atoms in total. The molecule has 7 heteroatoms. The van der Waals surface area contributed by atoms with Crippen molar-refractivity contribution in [3.05, 3.63) is 41.7 Å². The number of carbonyl (C=O) groups excluding carboxylic acids is 1. The average molecular weight is 275 g/mol. The van der Waals surface area contributed by atoms with Crippen LogP contribution in [0.4, 0.5) is 0 Å². The van der Waals surface area contributed by atoms with Crippen molar-refractivity contribution in [2.75, 3.05) is 5.43 Å². The standard InChI is InChI=1S/C12H13N5OS/c1-7-14-15-12-17(7)16-9(10(19-12)11(13)18)8-5-3-2-4-6-8/h2-6,9-10,16H,1H3,(H2,13,18). The van der Waals surface area contributed by atoms with E-state index in [1.54, 1.807) is 4.68 Å². The van der Waals surface area contributed by atoms with E-state index in [0.717, 1.165) is 11.4 Å². The Balaban J connectivity index is 2.02. The van der Waals surface area contributed by atoms with E-state index < -0.39 is 5.25 Å². The number of nitrogens with zero attached hydrogens (tertiary/aromatic N) is 3. The number of rotatable bonds is 2. The smallest absolute Gasteiger partial charge is 0.233 e. The molecule has 1 aromatic heterocycles. The molecule has 98 valence electrons. The fourth-order valence-corrected chi connectivity index (χ4v) is 3.16. The predicted molar refractivity (Wildman–Crippen MR) is 72.1 cm³/mol. The van der Waals surface area contributed by atoms with Crippen molar-refractivity contribution >= 4 is 17.7 Å². The number of primary amides is 1. The number of benzene rings is 1. The van der Waals surface area contributed by atoms with Crippen molar-refractivity contribution in [2.24, 2.45) is 5.73 Å². The molecule has 0 bridgehead atoms. The summed E-state index contributed by atoms with van der Waals surface area (Å²) in [6.07, 6.45) is 0. The monoisotopic (exact) mass is 275 g/mol. The number of hydrogen-bond acceptors (Lipinski definition) is 5. The lowest BCUT2D eigenvalue weighted by molar-refractivity contribution is -0.117. The Morgan fingerprint density at radius 3 is 2.79 bits per heavy atom. The number of aryl methyl sites for hydroxylation is 1. The van der Waals surface area contributed by atoms with E-state index in [1.807, 2.05) is 37.3 Å². The molecule has 2 heterocycles. The quantitative estimate of drug-likeness (QED) is 0.848. The lowest BCUT2D eigenvalue weighted by Crippen LogP contribution is -2.41. The highest BCUT2D eigenvalue weighted by Gasteiger charge is 2.35. The molecule has 0 radical (unpaired) electrons. The molecule has 1 aromatic carbocycles. The molecule has 0 aliphatic carbocycles. The summed E-state index contributed by atoms with van der Waals surface area (Å²) in [5.74, 6) is 0.393. The second kappa shape index (κ2) is 4.58. The van der Waals surface area contributed by atoms with Crippen LogP contribution < -0.4 is 11.2 Å². The van der Waals surface area contributed by atoms with E-state index in [9.17, 15) is 4.79 Å². The molecule has 1 amide bonds. The summed E-state index contributed by atoms with van der Waals surface area (Å²) < 4.78 is 1.79. The second-order valence-electron chi connectivity index (χ2n) is 4.32. The van der Waals surface area contributed by atoms with Gasteiger partial charge in [0.15, 0.2) is 0 Å². The maximum atomic E-state index is 11.7. The van der Waals surface area contributed by atoms with Crippen molar-refractivity contribution in [1.82, 2.24) is 14.9 Å². The zero-order valence-electron chi connectivity index (χ0n) is 10.3. The molecule has 2 atom stereocenters. The van der Waals surface area contributed by atoms with Gasteiger partial charge in [-0.05, 0) is 12.5 Å². The summed E-state index contributed by atoms with van der Waals surface area (Å²) in [6.45, 7) is 1.86. The molecule has 0 saturated heterocycles. The fourth-order valence-electron chi connectivity index (χ4n) is 2.09. The summed E-state index contributed by atoms with van der Waals surface area (Å²) in [5, 5.41) is 8.28. The molecule has 3 N–H and O–H groups in total. The van der Waals surface area contributed by atoms with Gasteiger partial charge >= 0.3 is 0 Å². The molecular formula is C12H13N5OS. The maximum Gasteiger partial charge on any atom is 0.233 e. The highest BCUT2D eigenvalue weighted by Crippen LogP contribution is 2.36. The number of thioether (sulfide) groups is 1. The van der Waals surface area contributed by atoms with Crippen molar-refractivity contribution in [2.45, 2.75) is 23.4 Å². The van der Waals surface area contributed by atoms with Gasteiger partial charge in [0.2, 0.25) is 11.1 Å². The van der Waals surface area contributed by atoms with Crippen LogP contribution >= 0.6 is 11.8 Å². The van der Waals surface area contributed by atoms with Crippen LogP contribution in [0.5, 0.6) is 0 Å². The van der Waals surface area contributed by atoms with Crippen LogP contribution in [0.2, 0.25) is 0 Å². The summed E-state index contributed by atoms with van der Waals surface area (Å²) >= 11 is 1.34. The number of nitrogens with two attached hydrogens (primary N) is 1. The Kier molecular flexibility index (Phi) is 2.90. The van der Waals surface area contributed by atoms with Crippen LogP contribution in [0.15, 0.2) is 35.5 Å². The largest absolute Gasteiger partial charge is 0.369 e. The van der Waals surface area contributed by atoms with Gasteiger partial charge in [0.05, 0.1) is 6.04 Å². The van der Waals surface area contributed by atoms with Crippen LogP contribution in [0.1, 0.15) is 17.4 Å². The zero-order chi connectivity index (χ0) is 13.4. The van der Waals surface area contributed by atoms with Crippen LogP contribution in [0.25, 0.3) is 0 Å². The van der Waals surface area contributed by atoms with E-state index in [1.165, 1.54) is 11.8 Å². The molecule has 1 aliphatic rings. The van der Waals surface area contributed by atoms with Gasteiger partial charge in [-0.15, -0.1) is 10.2 Å². The Morgan fingerprint density at radius 1 is 1.37 bits per heavy atom. The van der Waals surface area contributed by atoms with Crippen molar-refractivity contribution < 1.29 is 4.79 Å². The highest BCUT2D eigenvalue weighted by molar-refractivity contribution is 8.00. The lowest BCUT2D eigenvalue weighted by atomic mass is 10.0. The van der Waals surface area contributed by atoms with E-state index in [2.05, 4.69) is 15.6 Å². The van der Waals surface area contributed by atoms with Crippen LogP contribution in [-0.2, 0) is 4.79 Å². The highest BCUT2D eigenvalue weighted by atomic mass is 32.2. The fraction of sp³-hybridized carbons (Fsp3) is 0.250. The first-order valence-electron chi connectivity index (χ1n) is 5.86. The maximum absolute atomic E-state index is 11.7. The normalized spacial score (nSPS) is 21.5. The van der Waals surface area contributed by atoms with Gasteiger partial charge in [-0.1, -0.05) is 42.1 Å². The predicted octanol–water partition coefficient (Wildman–Crippen LogP) is 0.831. The third kappa shape index (κ3) is 2.06. The topological polar surface area (TPSA) is 85.8 Å². The molecule has 19 heavy (non-hydrogen) atoms. The molecule has 0 spiro atoms. The molecule has 0 saturated carbocycles. The number of carbonyl (C=O) groups is 1. The average Bonchev–Trinajstić information content (AvgIpc) is 2.79. The van der Waals surface area contributed by atoms with Gasteiger partial charge in [-0.25, -0.2) is 4.68 Å². The molecule has 2 aromatic rings. The summed E-state index contributed by atoms with van der Waals surface area (Å²) in [5.41, 5.74) is 9.78. The first-order valence-corrected chi connectivity index (χ1v) is 6.74. The number of amides is 1. The van der Waals surface area contributed by atoms with Crippen LogP contribution in [-0.4, -0.2) is 26.0 Å². The third-order valence-corrected chi connectivity index (χ3v) is 4.27. The molecule has 0 fully saturated rings. The summed E-state index contributed by atoms with van der Waals surface area (Å²) in [4.78, 5) is 11.7. The Bertz CT molecular complexity index is 612. The van der Waals surface area contributed by atoms with Crippen molar-refractivity contribution in [1.29, 1.82) is 0 Å². The lowest BCUT2D eigenvalue weighted by Gasteiger charge is -2.31. The third-order valence-electron chi connectivity index (χ3n) is 3.04. The first kappa shape index (κ1) is 12.0. The summed E-state index contributed by atoms with van der Waals surface area (Å²) in [7, 11) is 0. The van der Waals surface area contributed by atoms with Crippen LogP contribution in [0.3, 0.4) is 0 Å².